The molecule has 1 atom stereocenters. The van der Waals surface area contributed by atoms with Gasteiger partial charge in [-0.3, -0.25) is 4.79 Å². The summed E-state index contributed by atoms with van der Waals surface area (Å²) in [5.74, 6) is -1.65. The first-order valence-corrected chi connectivity index (χ1v) is 4.76. The first kappa shape index (κ1) is 10.1. The highest BCUT2D eigenvalue weighted by Gasteiger charge is 2.68. The number of aromatic nitrogens is 1. The molecular formula is C11H12FNO2. The van der Waals surface area contributed by atoms with E-state index in [-0.39, 0.29) is 5.56 Å². The van der Waals surface area contributed by atoms with E-state index in [1.807, 2.05) is 13.8 Å². The van der Waals surface area contributed by atoms with E-state index in [1.54, 1.807) is 6.07 Å². The Kier molecular flexibility index (Phi) is 1.87. The van der Waals surface area contributed by atoms with Gasteiger partial charge >= 0.3 is 5.97 Å². The summed E-state index contributed by atoms with van der Waals surface area (Å²) >= 11 is 0. The van der Waals surface area contributed by atoms with Crippen molar-refractivity contribution in [3.8, 4) is 0 Å². The molecule has 1 saturated carbocycles. The molecule has 0 saturated heterocycles. The maximum Gasteiger partial charge on any atom is 0.314 e. The van der Waals surface area contributed by atoms with Crippen molar-refractivity contribution in [3.05, 3.63) is 29.8 Å². The normalized spacial score (nSPS) is 27.4. The number of hydrogen-bond acceptors (Lipinski definition) is 2. The number of rotatable bonds is 2. The van der Waals surface area contributed by atoms with Crippen LogP contribution in [0.1, 0.15) is 25.8 Å². The molecule has 3 nitrogen and oxygen atoms in total. The van der Waals surface area contributed by atoms with Crippen LogP contribution in [0, 0.1) is 11.4 Å². The average molecular weight is 209 g/mol. The van der Waals surface area contributed by atoms with Gasteiger partial charge < -0.3 is 5.11 Å². The smallest absolute Gasteiger partial charge is 0.314 e. The molecule has 1 aromatic rings. The van der Waals surface area contributed by atoms with E-state index in [4.69, 9.17) is 0 Å². The molecule has 1 aliphatic carbocycles. The minimum Gasteiger partial charge on any atom is -0.481 e. The topological polar surface area (TPSA) is 50.2 Å². The lowest BCUT2D eigenvalue weighted by Crippen LogP contribution is -2.27. The van der Waals surface area contributed by atoms with Gasteiger partial charge in [0.1, 0.15) is 5.41 Å². The zero-order valence-corrected chi connectivity index (χ0v) is 8.62. The third-order valence-electron chi connectivity index (χ3n) is 3.32. The molecule has 15 heavy (non-hydrogen) atoms. The van der Waals surface area contributed by atoms with E-state index in [0.29, 0.717) is 6.42 Å². The zero-order valence-electron chi connectivity index (χ0n) is 8.62. The molecule has 2 rings (SSSR count). The Morgan fingerprint density at radius 2 is 2.20 bits per heavy atom. The fraction of sp³-hybridized carbons (Fsp3) is 0.455. The van der Waals surface area contributed by atoms with Gasteiger partial charge in [-0.05, 0) is 17.9 Å². The van der Waals surface area contributed by atoms with Crippen molar-refractivity contribution in [2.24, 2.45) is 5.41 Å². The number of hydrogen-bond donors (Lipinski definition) is 1. The highest BCUT2D eigenvalue weighted by molar-refractivity contribution is 5.87. The number of halogens is 1. The second-order valence-corrected chi connectivity index (χ2v) is 4.61. The van der Waals surface area contributed by atoms with E-state index in [1.165, 1.54) is 12.3 Å². The number of nitrogens with zero attached hydrogens (tertiary/aromatic N) is 1. The van der Waals surface area contributed by atoms with Crippen molar-refractivity contribution in [2.45, 2.75) is 25.7 Å². The lowest BCUT2D eigenvalue weighted by Gasteiger charge is -2.15. The first-order valence-electron chi connectivity index (χ1n) is 4.76. The minimum absolute atomic E-state index is 0.197. The van der Waals surface area contributed by atoms with Crippen molar-refractivity contribution in [1.29, 1.82) is 0 Å². The lowest BCUT2D eigenvalue weighted by atomic mass is 9.89. The molecule has 4 heteroatoms. The summed E-state index contributed by atoms with van der Waals surface area (Å²) in [6.07, 6.45) is 1.78. The van der Waals surface area contributed by atoms with E-state index >= 15 is 0 Å². The van der Waals surface area contributed by atoms with Gasteiger partial charge in [0, 0.05) is 11.8 Å². The average Bonchev–Trinajstić information content (AvgIpc) is 2.71. The molecule has 1 N–H and O–H groups in total. The summed E-state index contributed by atoms with van der Waals surface area (Å²) in [7, 11) is 0. The zero-order chi connectivity index (χ0) is 11.3. The molecule has 1 heterocycles. The Morgan fingerprint density at radius 1 is 1.60 bits per heavy atom. The number of pyridine rings is 1. The SMILES string of the molecule is CC1(C)CC1(C(=O)O)c1cccnc1F. The maximum atomic E-state index is 13.5. The number of carboxylic acids is 1. The Labute approximate surface area is 87.0 Å². The van der Waals surface area contributed by atoms with Crippen molar-refractivity contribution >= 4 is 5.97 Å². The van der Waals surface area contributed by atoms with E-state index < -0.39 is 22.7 Å². The third-order valence-corrected chi connectivity index (χ3v) is 3.32. The third kappa shape index (κ3) is 1.17. The molecule has 1 fully saturated rings. The van der Waals surface area contributed by atoms with Gasteiger partial charge in [0.25, 0.3) is 0 Å². The molecule has 0 aromatic carbocycles. The highest BCUT2D eigenvalue weighted by atomic mass is 19.1. The van der Waals surface area contributed by atoms with Crippen molar-refractivity contribution < 1.29 is 14.3 Å². The van der Waals surface area contributed by atoms with Crippen molar-refractivity contribution in [2.75, 3.05) is 0 Å². The lowest BCUT2D eigenvalue weighted by molar-refractivity contribution is -0.141. The van der Waals surface area contributed by atoms with E-state index in [2.05, 4.69) is 4.98 Å². The largest absolute Gasteiger partial charge is 0.481 e. The number of aliphatic carboxylic acids is 1. The van der Waals surface area contributed by atoms with Crippen LogP contribution in [0.15, 0.2) is 18.3 Å². The molecule has 1 aliphatic rings. The van der Waals surface area contributed by atoms with Gasteiger partial charge in [0.2, 0.25) is 5.95 Å². The Balaban J connectivity index is 2.55. The van der Waals surface area contributed by atoms with Gasteiger partial charge in [-0.25, -0.2) is 4.98 Å². The van der Waals surface area contributed by atoms with Gasteiger partial charge in [0.15, 0.2) is 0 Å². The van der Waals surface area contributed by atoms with Crippen LogP contribution in [-0.2, 0) is 10.2 Å². The molecule has 0 amide bonds. The fourth-order valence-corrected chi connectivity index (χ4v) is 2.26. The van der Waals surface area contributed by atoms with Gasteiger partial charge in [0.05, 0.1) is 0 Å². The first-order chi connectivity index (χ1) is 6.92. The molecular weight excluding hydrogens is 197 g/mol. The molecule has 0 radical (unpaired) electrons. The van der Waals surface area contributed by atoms with E-state index in [0.717, 1.165) is 0 Å². The van der Waals surface area contributed by atoms with Crippen LogP contribution in [0.5, 0.6) is 0 Å². The Morgan fingerprint density at radius 3 is 2.60 bits per heavy atom. The molecule has 0 aliphatic heterocycles. The predicted octanol–water partition coefficient (Wildman–Crippen LogP) is 1.97. The summed E-state index contributed by atoms with van der Waals surface area (Å²) in [5.41, 5.74) is -1.30. The Bertz CT molecular complexity index is 430. The van der Waals surface area contributed by atoms with E-state index in [9.17, 15) is 14.3 Å². The van der Waals surface area contributed by atoms with Crippen LogP contribution in [0.3, 0.4) is 0 Å². The van der Waals surface area contributed by atoms with Crippen LogP contribution < -0.4 is 0 Å². The molecule has 1 unspecified atom stereocenters. The summed E-state index contributed by atoms with van der Waals surface area (Å²) in [5, 5.41) is 9.22. The molecule has 80 valence electrons. The van der Waals surface area contributed by atoms with Crippen LogP contribution in [0.4, 0.5) is 4.39 Å². The second-order valence-electron chi connectivity index (χ2n) is 4.61. The van der Waals surface area contributed by atoms with Crippen LogP contribution in [0.25, 0.3) is 0 Å². The van der Waals surface area contributed by atoms with Crippen molar-refractivity contribution in [1.82, 2.24) is 4.98 Å². The Hall–Kier alpha value is -1.45. The minimum atomic E-state index is -1.09. The maximum absolute atomic E-state index is 13.5. The molecule has 1 aromatic heterocycles. The van der Waals surface area contributed by atoms with Crippen molar-refractivity contribution in [3.63, 3.8) is 0 Å². The number of carbonyl (C=O) groups is 1. The van der Waals surface area contributed by atoms with Gasteiger partial charge in [-0.1, -0.05) is 19.9 Å². The fourth-order valence-electron chi connectivity index (χ4n) is 2.26. The monoisotopic (exact) mass is 209 g/mol. The summed E-state index contributed by atoms with van der Waals surface area (Å²) < 4.78 is 13.5. The summed E-state index contributed by atoms with van der Waals surface area (Å²) in [6.45, 7) is 3.65. The quantitative estimate of drug-likeness (QED) is 0.757. The van der Waals surface area contributed by atoms with Gasteiger partial charge in [-0.15, -0.1) is 0 Å². The number of carboxylic acid groups (broad SMARTS) is 1. The predicted molar refractivity (Wildman–Crippen MR) is 51.9 cm³/mol. The standard InChI is InChI=1S/C11H12FNO2/c1-10(2)6-11(10,9(14)15)7-4-3-5-13-8(7)12/h3-5H,6H2,1-2H3,(H,14,15). The second kappa shape index (κ2) is 2.78. The van der Waals surface area contributed by atoms with Crippen LogP contribution in [0.2, 0.25) is 0 Å². The summed E-state index contributed by atoms with van der Waals surface area (Å²) in [4.78, 5) is 14.8. The van der Waals surface area contributed by atoms with Gasteiger partial charge in [-0.2, -0.15) is 4.39 Å². The summed E-state index contributed by atoms with van der Waals surface area (Å²) in [6, 6.07) is 3.07. The highest BCUT2D eigenvalue weighted by Crippen LogP contribution is 2.64. The molecule has 0 bridgehead atoms. The molecule has 0 spiro atoms. The van der Waals surface area contributed by atoms with Crippen LogP contribution in [-0.4, -0.2) is 16.1 Å². The van der Waals surface area contributed by atoms with Crippen LogP contribution >= 0.6 is 0 Å².